The first-order chi connectivity index (χ1) is 17.5. The molecule has 36 heavy (non-hydrogen) atoms. The van der Waals surface area contributed by atoms with Crippen LogP contribution >= 0.6 is 0 Å². The molecule has 0 saturated carbocycles. The van der Waals surface area contributed by atoms with Gasteiger partial charge in [0.05, 0.1) is 11.6 Å². The Hall–Kier alpha value is -4.71. The van der Waals surface area contributed by atoms with E-state index in [9.17, 15) is 19.1 Å². The molecule has 1 fully saturated rings. The number of rotatable bonds is 6. The number of halogens is 1. The van der Waals surface area contributed by atoms with E-state index in [1.54, 1.807) is 48.5 Å². The number of para-hydroxylation sites is 1. The van der Waals surface area contributed by atoms with Crippen molar-refractivity contribution >= 4 is 23.1 Å². The molecule has 178 valence electrons. The Balaban J connectivity index is 1.54. The van der Waals surface area contributed by atoms with Crippen molar-refractivity contribution in [2.75, 3.05) is 4.90 Å². The van der Waals surface area contributed by atoms with Gasteiger partial charge in [0.15, 0.2) is 0 Å². The minimum absolute atomic E-state index is 0.0617. The molecule has 1 aliphatic heterocycles. The van der Waals surface area contributed by atoms with E-state index in [0.29, 0.717) is 23.6 Å². The number of ether oxygens (including phenoxy) is 1. The average molecular weight is 480 g/mol. The van der Waals surface area contributed by atoms with Gasteiger partial charge in [-0.15, -0.1) is 0 Å². The van der Waals surface area contributed by atoms with Crippen LogP contribution < -0.4 is 9.64 Å². The van der Waals surface area contributed by atoms with Gasteiger partial charge in [-0.2, -0.15) is 0 Å². The molecule has 1 unspecified atom stereocenters. The molecule has 0 bridgehead atoms. The van der Waals surface area contributed by atoms with Crippen molar-refractivity contribution in [3.8, 4) is 5.75 Å². The van der Waals surface area contributed by atoms with Crippen LogP contribution in [0, 0.1) is 5.82 Å². The Morgan fingerprint density at radius 2 is 1.42 bits per heavy atom. The summed E-state index contributed by atoms with van der Waals surface area (Å²) in [4.78, 5) is 27.7. The highest BCUT2D eigenvalue weighted by molar-refractivity contribution is 6.51. The second-order valence-corrected chi connectivity index (χ2v) is 8.35. The van der Waals surface area contributed by atoms with Crippen molar-refractivity contribution in [1.29, 1.82) is 0 Å². The fourth-order valence-corrected chi connectivity index (χ4v) is 4.25. The van der Waals surface area contributed by atoms with Crippen LogP contribution in [0.3, 0.4) is 0 Å². The van der Waals surface area contributed by atoms with E-state index in [4.69, 9.17) is 4.74 Å². The zero-order chi connectivity index (χ0) is 25.1. The summed E-state index contributed by atoms with van der Waals surface area (Å²) in [6.07, 6.45) is 0. The number of ketones is 1. The lowest BCUT2D eigenvalue weighted by Crippen LogP contribution is -2.29. The van der Waals surface area contributed by atoms with E-state index in [0.717, 1.165) is 5.56 Å². The summed E-state index contributed by atoms with van der Waals surface area (Å²) >= 11 is 0. The summed E-state index contributed by atoms with van der Waals surface area (Å²) < 4.78 is 19.3. The number of carbonyl (C=O) groups is 2. The third-order valence-corrected chi connectivity index (χ3v) is 6.04. The van der Waals surface area contributed by atoms with Gasteiger partial charge in [0.1, 0.15) is 23.9 Å². The van der Waals surface area contributed by atoms with Gasteiger partial charge >= 0.3 is 0 Å². The van der Waals surface area contributed by atoms with E-state index < -0.39 is 23.5 Å². The van der Waals surface area contributed by atoms with Gasteiger partial charge in [0.2, 0.25) is 0 Å². The van der Waals surface area contributed by atoms with Gasteiger partial charge in [-0.3, -0.25) is 14.5 Å². The van der Waals surface area contributed by atoms with Crippen LogP contribution in [0.4, 0.5) is 10.1 Å². The lowest BCUT2D eigenvalue weighted by Gasteiger charge is -2.25. The second kappa shape index (κ2) is 9.88. The molecule has 0 spiro atoms. The molecule has 0 radical (unpaired) electrons. The summed E-state index contributed by atoms with van der Waals surface area (Å²) in [5.41, 5.74) is 2.35. The SMILES string of the molecule is O=C1C(=O)N(c2ccccc2)C(c2ccc(OCc3ccccc3)cc2)/C1=C(/O)c1ccc(F)cc1. The number of amides is 1. The van der Waals surface area contributed by atoms with Crippen molar-refractivity contribution in [3.63, 3.8) is 0 Å². The highest BCUT2D eigenvalue weighted by Crippen LogP contribution is 2.42. The van der Waals surface area contributed by atoms with Crippen LogP contribution in [0.25, 0.3) is 5.76 Å². The molecular formula is C30H22FNO4. The zero-order valence-electron chi connectivity index (χ0n) is 19.2. The van der Waals surface area contributed by atoms with E-state index in [1.165, 1.54) is 29.2 Å². The number of carbonyl (C=O) groups excluding carboxylic acids is 2. The third kappa shape index (κ3) is 4.49. The molecule has 5 rings (SSSR count). The largest absolute Gasteiger partial charge is 0.507 e. The molecule has 1 amide bonds. The summed E-state index contributed by atoms with van der Waals surface area (Å²) in [5.74, 6) is -1.77. The molecule has 1 N–H and O–H groups in total. The van der Waals surface area contributed by atoms with Crippen molar-refractivity contribution in [2.24, 2.45) is 0 Å². The number of hydrogen-bond donors (Lipinski definition) is 1. The van der Waals surface area contributed by atoms with Crippen molar-refractivity contribution in [2.45, 2.75) is 12.6 Å². The predicted octanol–water partition coefficient (Wildman–Crippen LogP) is 6.03. The van der Waals surface area contributed by atoms with Gasteiger partial charge < -0.3 is 9.84 Å². The van der Waals surface area contributed by atoms with Crippen LogP contribution in [-0.4, -0.2) is 16.8 Å². The number of anilines is 1. The maximum atomic E-state index is 13.5. The molecule has 1 heterocycles. The molecule has 6 heteroatoms. The molecule has 1 atom stereocenters. The Bertz CT molecular complexity index is 1420. The number of hydrogen-bond acceptors (Lipinski definition) is 4. The number of aliphatic hydroxyl groups excluding tert-OH is 1. The zero-order valence-corrected chi connectivity index (χ0v) is 19.2. The monoisotopic (exact) mass is 479 g/mol. The topological polar surface area (TPSA) is 66.8 Å². The average Bonchev–Trinajstić information content (AvgIpc) is 3.19. The van der Waals surface area contributed by atoms with Crippen LogP contribution in [-0.2, 0) is 16.2 Å². The first kappa shape index (κ1) is 23.1. The fourth-order valence-electron chi connectivity index (χ4n) is 4.25. The Morgan fingerprint density at radius 3 is 2.06 bits per heavy atom. The van der Waals surface area contributed by atoms with E-state index >= 15 is 0 Å². The maximum absolute atomic E-state index is 13.5. The first-order valence-electron chi connectivity index (χ1n) is 11.4. The van der Waals surface area contributed by atoms with Gasteiger partial charge in [-0.25, -0.2) is 4.39 Å². The van der Waals surface area contributed by atoms with E-state index in [-0.39, 0.29) is 16.9 Å². The molecular weight excluding hydrogens is 457 g/mol. The standard InChI is InChI=1S/C30H22FNO4/c31-23-15-11-22(12-16-23)28(33)26-27(32(30(35)29(26)34)24-9-5-2-6-10-24)21-13-17-25(18-14-21)36-19-20-7-3-1-4-8-20/h1-18,27,33H,19H2/b28-26-. The lowest BCUT2D eigenvalue weighted by atomic mass is 9.95. The second-order valence-electron chi connectivity index (χ2n) is 8.35. The number of aliphatic hydroxyl groups is 1. The Labute approximate surface area is 207 Å². The highest BCUT2D eigenvalue weighted by Gasteiger charge is 2.46. The van der Waals surface area contributed by atoms with Crippen LogP contribution in [0.15, 0.2) is 115 Å². The molecule has 1 saturated heterocycles. The van der Waals surface area contributed by atoms with Crippen molar-refractivity contribution in [3.05, 3.63) is 137 Å². The smallest absolute Gasteiger partial charge is 0.300 e. The van der Waals surface area contributed by atoms with Gasteiger partial charge in [-0.05, 0) is 59.7 Å². The minimum Gasteiger partial charge on any atom is -0.507 e. The lowest BCUT2D eigenvalue weighted by molar-refractivity contribution is -0.132. The van der Waals surface area contributed by atoms with Crippen molar-refractivity contribution < 1.29 is 23.8 Å². The Morgan fingerprint density at radius 1 is 0.806 bits per heavy atom. The van der Waals surface area contributed by atoms with Crippen LogP contribution in [0.5, 0.6) is 5.75 Å². The van der Waals surface area contributed by atoms with E-state index in [2.05, 4.69) is 0 Å². The Kier molecular flexibility index (Phi) is 6.33. The molecule has 1 aliphatic rings. The van der Waals surface area contributed by atoms with Gasteiger partial charge in [0, 0.05) is 11.3 Å². The van der Waals surface area contributed by atoms with Crippen LogP contribution in [0.2, 0.25) is 0 Å². The fraction of sp³-hybridized carbons (Fsp3) is 0.0667. The highest BCUT2D eigenvalue weighted by atomic mass is 19.1. The number of benzene rings is 4. The van der Waals surface area contributed by atoms with Gasteiger partial charge in [0.25, 0.3) is 11.7 Å². The first-order valence-corrected chi connectivity index (χ1v) is 11.4. The van der Waals surface area contributed by atoms with Gasteiger partial charge in [-0.1, -0.05) is 60.7 Å². The quantitative estimate of drug-likeness (QED) is 0.208. The molecule has 4 aromatic rings. The predicted molar refractivity (Wildman–Crippen MR) is 135 cm³/mol. The summed E-state index contributed by atoms with van der Waals surface area (Å²) in [6, 6.07) is 29.9. The van der Waals surface area contributed by atoms with Crippen molar-refractivity contribution in [1.82, 2.24) is 0 Å². The third-order valence-electron chi connectivity index (χ3n) is 6.04. The van der Waals surface area contributed by atoms with E-state index in [1.807, 2.05) is 36.4 Å². The minimum atomic E-state index is -0.874. The van der Waals surface area contributed by atoms with Crippen LogP contribution in [0.1, 0.15) is 22.7 Å². The number of nitrogens with zero attached hydrogens (tertiary/aromatic N) is 1. The summed E-state index contributed by atoms with van der Waals surface area (Å²) in [7, 11) is 0. The normalized spacial score (nSPS) is 16.8. The summed E-state index contributed by atoms with van der Waals surface area (Å²) in [6.45, 7) is 0.396. The molecule has 5 nitrogen and oxygen atoms in total. The molecule has 4 aromatic carbocycles. The number of Topliss-reactive ketones (excluding diaryl/α,β-unsaturated/α-hetero) is 1. The molecule has 0 aliphatic carbocycles. The molecule has 0 aromatic heterocycles. The summed E-state index contributed by atoms with van der Waals surface area (Å²) in [5, 5.41) is 11.1. The maximum Gasteiger partial charge on any atom is 0.300 e.